The summed E-state index contributed by atoms with van der Waals surface area (Å²) in [5.41, 5.74) is 3.24. The molecule has 5 aromatic rings. The van der Waals surface area contributed by atoms with Crippen LogP contribution in [0.15, 0.2) is 51.4 Å². The minimum absolute atomic E-state index is 0.0252. The highest BCUT2D eigenvalue weighted by molar-refractivity contribution is 7.17. The Morgan fingerprint density at radius 2 is 2.07 bits per heavy atom. The monoisotopic (exact) mass is 403 g/mol. The van der Waals surface area contributed by atoms with Gasteiger partial charge in [-0.3, -0.25) is 13.8 Å². The molecule has 1 aliphatic carbocycles. The molecule has 29 heavy (non-hydrogen) atoms. The number of rotatable bonds is 4. The van der Waals surface area contributed by atoms with E-state index in [1.807, 2.05) is 47.0 Å². The molecule has 6 rings (SSSR count). The summed E-state index contributed by atoms with van der Waals surface area (Å²) < 4.78 is 9.14. The zero-order chi connectivity index (χ0) is 19.5. The number of hydrogen-bond acceptors (Lipinski definition) is 6. The molecule has 0 saturated heterocycles. The van der Waals surface area contributed by atoms with Gasteiger partial charge in [-0.05, 0) is 25.3 Å². The van der Waals surface area contributed by atoms with E-state index in [-0.39, 0.29) is 5.56 Å². The van der Waals surface area contributed by atoms with Crippen molar-refractivity contribution < 1.29 is 4.52 Å². The van der Waals surface area contributed by atoms with Gasteiger partial charge < -0.3 is 4.52 Å². The predicted octanol–water partition coefficient (Wildman–Crippen LogP) is 4.33. The molecule has 0 bridgehead atoms. The smallest absolute Gasteiger partial charge is 0.263 e. The van der Waals surface area contributed by atoms with Crippen molar-refractivity contribution in [2.45, 2.75) is 32.2 Å². The maximum absolute atomic E-state index is 13.5. The Bertz CT molecular complexity index is 1420. The summed E-state index contributed by atoms with van der Waals surface area (Å²) >= 11 is 1.55. The van der Waals surface area contributed by atoms with Crippen molar-refractivity contribution in [3.8, 4) is 22.6 Å². The molecule has 0 amide bonds. The Kier molecular flexibility index (Phi) is 3.52. The van der Waals surface area contributed by atoms with Gasteiger partial charge in [0.1, 0.15) is 11.2 Å². The third-order valence-electron chi connectivity index (χ3n) is 5.43. The maximum atomic E-state index is 13.5. The lowest BCUT2D eigenvalue weighted by molar-refractivity contribution is 0.380. The van der Waals surface area contributed by atoms with E-state index < -0.39 is 0 Å². The van der Waals surface area contributed by atoms with Crippen LogP contribution in [-0.2, 0) is 6.54 Å². The van der Waals surface area contributed by atoms with E-state index in [4.69, 9.17) is 4.52 Å². The molecule has 0 aliphatic heterocycles. The van der Waals surface area contributed by atoms with Crippen LogP contribution < -0.4 is 5.56 Å². The van der Waals surface area contributed by atoms with E-state index in [0.29, 0.717) is 40.9 Å². The van der Waals surface area contributed by atoms with Crippen LogP contribution >= 0.6 is 11.3 Å². The quantitative estimate of drug-likeness (QED) is 0.446. The van der Waals surface area contributed by atoms with Crippen LogP contribution in [0.4, 0.5) is 0 Å². The van der Waals surface area contributed by atoms with Gasteiger partial charge in [0.05, 0.1) is 5.39 Å². The van der Waals surface area contributed by atoms with E-state index in [0.717, 1.165) is 28.8 Å². The Balaban J connectivity index is 1.64. The van der Waals surface area contributed by atoms with E-state index in [1.165, 1.54) is 0 Å². The first-order chi connectivity index (χ1) is 14.3. The number of fused-ring (bicyclic) bond motifs is 3. The summed E-state index contributed by atoms with van der Waals surface area (Å²) in [7, 11) is 0. The fourth-order valence-electron chi connectivity index (χ4n) is 3.82. The SMILES string of the molecule is CCn1c(=O)c2c(-c3ccccc3)csc2n2cnc(-c3noc(C4CC4)n3)c12. The van der Waals surface area contributed by atoms with Crippen LogP contribution in [0.25, 0.3) is 38.5 Å². The number of thiophene rings is 1. The summed E-state index contributed by atoms with van der Waals surface area (Å²) in [5.74, 6) is 1.47. The van der Waals surface area contributed by atoms with Crippen molar-refractivity contribution in [2.24, 2.45) is 0 Å². The van der Waals surface area contributed by atoms with Crippen molar-refractivity contribution in [1.82, 2.24) is 24.1 Å². The third kappa shape index (κ3) is 2.42. The second kappa shape index (κ2) is 6.12. The number of hydrogen-bond donors (Lipinski definition) is 0. The summed E-state index contributed by atoms with van der Waals surface area (Å²) in [6.45, 7) is 2.48. The van der Waals surface area contributed by atoms with E-state index in [9.17, 15) is 4.79 Å². The van der Waals surface area contributed by atoms with Crippen LogP contribution in [0, 0.1) is 0 Å². The van der Waals surface area contributed by atoms with Crippen molar-refractivity contribution in [2.75, 3.05) is 0 Å². The lowest BCUT2D eigenvalue weighted by atomic mass is 10.1. The Hall–Kier alpha value is -3.26. The molecule has 7 nitrogen and oxygen atoms in total. The molecule has 1 saturated carbocycles. The number of benzene rings is 1. The number of imidazole rings is 1. The molecule has 1 aromatic carbocycles. The third-order valence-corrected chi connectivity index (χ3v) is 6.41. The van der Waals surface area contributed by atoms with Crippen LogP contribution in [0.2, 0.25) is 0 Å². The van der Waals surface area contributed by atoms with Gasteiger partial charge >= 0.3 is 0 Å². The highest BCUT2D eigenvalue weighted by atomic mass is 32.1. The van der Waals surface area contributed by atoms with Gasteiger partial charge in [0, 0.05) is 23.4 Å². The Labute approximate surface area is 169 Å². The largest absolute Gasteiger partial charge is 0.339 e. The first kappa shape index (κ1) is 16.7. The topological polar surface area (TPSA) is 78.2 Å². The predicted molar refractivity (Wildman–Crippen MR) is 111 cm³/mol. The zero-order valence-electron chi connectivity index (χ0n) is 15.7. The van der Waals surface area contributed by atoms with Gasteiger partial charge in [-0.1, -0.05) is 35.5 Å². The van der Waals surface area contributed by atoms with Gasteiger partial charge in [0.2, 0.25) is 11.7 Å². The second-order valence-corrected chi connectivity index (χ2v) is 8.12. The minimum atomic E-state index is -0.0252. The molecule has 1 aliphatic rings. The normalized spacial score (nSPS) is 14.2. The van der Waals surface area contributed by atoms with Gasteiger partial charge in [-0.2, -0.15) is 4.98 Å². The fourth-order valence-corrected chi connectivity index (χ4v) is 4.87. The van der Waals surface area contributed by atoms with Gasteiger partial charge in [-0.25, -0.2) is 4.98 Å². The van der Waals surface area contributed by atoms with Crippen molar-refractivity contribution >= 4 is 27.2 Å². The highest BCUT2D eigenvalue weighted by Gasteiger charge is 2.31. The van der Waals surface area contributed by atoms with Gasteiger partial charge in [0.15, 0.2) is 11.3 Å². The summed E-state index contributed by atoms with van der Waals surface area (Å²) in [5, 5.41) is 6.89. The average molecular weight is 403 g/mol. The molecule has 0 N–H and O–H groups in total. The summed E-state index contributed by atoms with van der Waals surface area (Å²) in [6, 6.07) is 10.00. The summed E-state index contributed by atoms with van der Waals surface area (Å²) in [4.78, 5) is 23.5. The molecule has 0 spiro atoms. The molecule has 4 heterocycles. The first-order valence-electron chi connectivity index (χ1n) is 9.66. The van der Waals surface area contributed by atoms with Crippen LogP contribution in [0.3, 0.4) is 0 Å². The zero-order valence-corrected chi connectivity index (χ0v) is 16.5. The highest BCUT2D eigenvalue weighted by Crippen LogP contribution is 2.40. The van der Waals surface area contributed by atoms with E-state index in [1.54, 1.807) is 22.2 Å². The maximum Gasteiger partial charge on any atom is 0.263 e. The summed E-state index contributed by atoms with van der Waals surface area (Å²) in [6.07, 6.45) is 3.92. The van der Waals surface area contributed by atoms with Gasteiger partial charge in [0.25, 0.3) is 5.56 Å². The van der Waals surface area contributed by atoms with Gasteiger partial charge in [-0.15, -0.1) is 11.3 Å². The average Bonchev–Trinajstić information content (AvgIpc) is 3.16. The van der Waals surface area contributed by atoms with Crippen molar-refractivity contribution in [1.29, 1.82) is 0 Å². The second-order valence-electron chi connectivity index (χ2n) is 7.26. The molecule has 8 heteroatoms. The molecule has 144 valence electrons. The molecular weight excluding hydrogens is 386 g/mol. The standard InChI is InChI=1S/C21H17N5O2S/c1-2-25-19-16(17-23-18(28-24-17)13-8-9-13)22-11-26(19)21-15(20(25)27)14(10-29-21)12-6-4-3-5-7-12/h3-7,10-11,13H,2,8-9H2,1H3. The molecule has 1 fully saturated rings. The number of nitrogens with zero attached hydrogens (tertiary/aromatic N) is 5. The molecule has 0 atom stereocenters. The number of aromatic nitrogens is 5. The van der Waals surface area contributed by atoms with E-state index in [2.05, 4.69) is 15.1 Å². The Morgan fingerprint density at radius 1 is 1.24 bits per heavy atom. The van der Waals surface area contributed by atoms with Crippen molar-refractivity contribution in [3.05, 3.63) is 58.3 Å². The van der Waals surface area contributed by atoms with Crippen molar-refractivity contribution in [3.63, 3.8) is 0 Å². The molecule has 0 unspecified atom stereocenters. The Morgan fingerprint density at radius 3 is 2.83 bits per heavy atom. The lowest BCUT2D eigenvalue weighted by Crippen LogP contribution is -2.21. The first-order valence-corrected chi connectivity index (χ1v) is 10.5. The van der Waals surface area contributed by atoms with Crippen LogP contribution in [0.1, 0.15) is 31.6 Å². The minimum Gasteiger partial charge on any atom is -0.339 e. The van der Waals surface area contributed by atoms with E-state index >= 15 is 0 Å². The molecular formula is C21H17N5O2S. The number of aryl methyl sites for hydroxylation is 1. The van der Waals surface area contributed by atoms with Crippen LogP contribution in [-0.4, -0.2) is 24.1 Å². The lowest BCUT2D eigenvalue weighted by Gasteiger charge is -2.09. The molecule has 4 aromatic heterocycles. The van der Waals surface area contributed by atoms with Crippen LogP contribution in [0.5, 0.6) is 0 Å². The molecule has 0 radical (unpaired) electrons. The fraction of sp³-hybridized carbons (Fsp3) is 0.238.